The Labute approximate surface area is 223 Å². The van der Waals surface area contributed by atoms with Crippen LogP contribution in [-0.4, -0.2) is 45.0 Å². The van der Waals surface area contributed by atoms with E-state index in [0.717, 1.165) is 36.4 Å². The first kappa shape index (κ1) is 27.6. The fourth-order valence-electron chi connectivity index (χ4n) is 3.61. The number of carbonyl (C=O) groups excluding carboxylic acids is 1. The van der Waals surface area contributed by atoms with Crippen molar-refractivity contribution in [3.8, 4) is 0 Å². The third kappa shape index (κ3) is 5.70. The average Bonchev–Trinajstić information content (AvgIpc) is 2.92. The summed E-state index contributed by atoms with van der Waals surface area (Å²) in [6, 6.07) is 13.0. The number of aromatic nitrogens is 2. The van der Waals surface area contributed by atoms with Crippen molar-refractivity contribution in [1.82, 2.24) is 15.4 Å². The van der Waals surface area contributed by atoms with Gasteiger partial charge in [0.1, 0.15) is 11.8 Å². The summed E-state index contributed by atoms with van der Waals surface area (Å²) >= 11 is 0. The number of carbonyl (C=O) groups is 1. The van der Waals surface area contributed by atoms with Gasteiger partial charge >= 0.3 is 0 Å². The number of benzene rings is 3. The van der Waals surface area contributed by atoms with E-state index in [0.29, 0.717) is 0 Å². The highest BCUT2D eigenvalue weighted by Gasteiger charge is 2.25. The predicted molar refractivity (Wildman–Crippen MR) is 139 cm³/mol. The highest BCUT2D eigenvalue weighted by molar-refractivity contribution is 7.89. The van der Waals surface area contributed by atoms with Crippen molar-refractivity contribution in [2.24, 2.45) is 10.2 Å². The minimum Gasteiger partial charge on any atom is -0.382 e. The Morgan fingerprint density at radius 1 is 1.02 bits per heavy atom. The van der Waals surface area contributed by atoms with Gasteiger partial charge in [-0.25, -0.2) is 24.0 Å². The number of aliphatic hydroxyl groups excluding tert-OH is 1. The van der Waals surface area contributed by atoms with Gasteiger partial charge < -0.3 is 10.1 Å². The van der Waals surface area contributed by atoms with Crippen LogP contribution in [0.3, 0.4) is 0 Å². The zero-order chi connectivity index (χ0) is 29.2. The molecule has 0 bridgehead atoms. The number of sulfonamides is 1. The normalized spacial score (nSPS) is 12.6. The van der Waals surface area contributed by atoms with E-state index in [-0.39, 0.29) is 33.5 Å². The Hall–Kier alpha value is -5.39. The first-order valence-corrected chi connectivity index (χ1v) is 12.5. The van der Waals surface area contributed by atoms with Crippen LogP contribution < -0.4 is 16.1 Å². The van der Waals surface area contributed by atoms with Gasteiger partial charge in [-0.3, -0.25) is 29.8 Å². The summed E-state index contributed by atoms with van der Waals surface area (Å²) in [6.07, 6.45) is -1.78. The fourth-order valence-corrected chi connectivity index (χ4v) is 4.35. The van der Waals surface area contributed by atoms with Crippen molar-refractivity contribution in [3.63, 3.8) is 0 Å². The average molecular weight is 567 g/mol. The second-order valence-electron chi connectivity index (χ2n) is 8.10. The number of non-ortho nitro benzene ring substituents is 2. The van der Waals surface area contributed by atoms with Crippen molar-refractivity contribution in [3.05, 3.63) is 114 Å². The molecule has 5 N–H and O–H groups in total. The van der Waals surface area contributed by atoms with E-state index in [1.54, 1.807) is 0 Å². The summed E-state index contributed by atoms with van der Waals surface area (Å²) < 4.78 is 23.8. The van der Waals surface area contributed by atoms with Gasteiger partial charge in [-0.2, -0.15) is 5.10 Å². The van der Waals surface area contributed by atoms with E-state index >= 15 is 0 Å². The van der Waals surface area contributed by atoms with Gasteiger partial charge in [0.05, 0.1) is 31.3 Å². The number of nitrogens with one attached hydrogen (secondary N) is 2. The van der Waals surface area contributed by atoms with Crippen molar-refractivity contribution < 1.29 is 28.2 Å². The van der Waals surface area contributed by atoms with E-state index < -0.39 is 53.7 Å². The molecule has 40 heavy (non-hydrogen) atoms. The Balaban J connectivity index is 1.83. The molecule has 4 aromatic rings. The third-order valence-corrected chi connectivity index (χ3v) is 6.49. The van der Waals surface area contributed by atoms with Crippen LogP contribution in [0, 0.1) is 20.2 Å². The van der Waals surface area contributed by atoms with E-state index in [1.807, 2.05) is 0 Å². The molecule has 1 unspecified atom stereocenters. The van der Waals surface area contributed by atoms with Crippen LogP contribution in [0.15, 0.2) is 81.5 Å². The van der Waals surface area contributed by atoms with Gasteiger partial charge in [-0.1, -0.05) is 12.1 Å². The molecule has 1 atom stereocenters. The lowest BCUT2D eigenvalue weighted by Gasteiger charge is -2.14. The summed E-state index contributed by atoms with van der Waals surface area (Å²) in [5.41, 5.74) is -0.828. The number of nitro benzene ring substituents is 2. The number of nitro groups is 2. The minimum absolute atomic E-state index is 0.00163. The largest absolute Gasteiger partial charge is 0.382 e. The lowest BCUT2D eigenvalue weighted by Crippen LogP contribution is -2.30. The van der Waals surface area contributed by atoms with E-state index in [9.17, 15) is 43.3 Å². The van der Waals surface area contributed by atoms with Crippen molar-refractivity contribution in [2.45, 2.75) is 11.0 Å². The van der Waals surface area contributed by atoms with Gasteiger partial charge in [0, 0.05) is 24.3 Å². The Morgan fingerprint density at radius 2 is 1.65 bits per heavy atom. The number of rotatable bonds is 8. The topological polar surface area (TPSA) is 254 Å². The molecule has 0 radical (unpaired) electrons. The lowest BCUT2D eigenvalue weighted by molar-refractivity contribution is -0.385. The summed E-state index contributed by atoms with van der Waals surface area (Å²) in [6.45, 7) is 0. The molecule has 3 aromatic carbocycles. The molecule has 0 fully saturated rings. The fraction of sp³-hybridized carbons (Fsp3) is 0.0435. The molecular formula is C23H17N7O9S. The SMILES string of the molecule is NS(=O)(=O)c1ccccc1C(=O)N/N=C(\c1nc2ccc([N+](=O)[O-])cc2[nH]c1=O)C(O)c1ccc([N+](=O)[O-])cc1. The predicted octanol–water partition coefficient (Wildman–Crippen LogP) is 1.25. The van der Waals surface area contributed by atoms with E-state index in [4.69, 9.17) is 5.14 Å². The Bertz CT molecular complexity index is 1870. The number of fused-ring (bicyclic) bond motifs is 1. The zero-order valence-electron chi connectivity index (χ0n) is 19.9. The molecule has 0 aliphatic rings. The van der Waals surface area contributed by atoms with Crippen LogP contribution in [0.2, 0.25) is 0 Å². The summed E-state index contributed by atoms with van der Waals surface area (Å²) in [5, 5.41) is 42.2. The first-order valence-electron chi connectivity index (χ1n) is 11.0. The second kappa shape index (κ2) is 10.8. The maximum Gasteiger partial charge on any atom is 0.276 e. The van der Waals surface area contributed by atoms with Crippen LogP contribution in [-0.2, 0) is 10.0 Å². The molecule has 0 spiro atoms. The number of amides is 1. The van der Waals surface area contributed by atoms with Crippen LogP contribution in [0.25, 0.3) is 11.0 Å². The molecule has 17 heteroatoms. The monoisotopic (exact) mass is 567 g/mol. The number of aromatic amines is 1. The Morgan fingerprint density at radius 3 is 2.27 bits per heavy atom. The summed E-state index contributed by atoms with van der Waals surface area (Å²) in [5.74, 6) is -1.06. The second-order valence-corrected chi connectivity index (χ2v) is 9.63. The van der Waals surface area contributed by atoms with Gasteiger partial charge in [-0.05, 0) is 35.9 Å². The van der Waals surface area contributed by atoms with Crippen molar-refractivity contribution in [1.29, 1.82) is 0 Å². The standard InChI is InChI=1S/C23H17N7O9S/c24-40(38,39)18-4-2-1-3-15(18)22(32)28-27-19(21(31)12-5-7-13(8-6-12)29(34)35)20-23(33)26-17-11-14(30(36)37)9-10-16(17)25-20/h1-11,21,31H,(H,26,33)(H,28,32)(H2,24,38,39)/b27-19+. The number of hydrogen-bond donors (Lipinski definition) is 4. The van der Waals surface area contributed by atoms with Crippen LogP contribution in [0.5, 0.6) is 0 Å². The summed E-state index contributed by atoms with van der Waals surface area (Å²) in [4.78, 5) is 52.6. The molecule has 16 nitrogen and oxygen atoms in total. The smallest absolute Gasteiger partial charge is 0.276 e. The molecule has 0 aliphatic carbocycles. The Kier molecular flexibility index (Phi) is 7.44. The molecular weight excluding hydrogens is 550 g/mol. The van der Waals surface area contributed by atoms with Gasteiger partial charge in [0.25, 0.3) is 22.8 Å². The minimum atomic E-state index is -4.31. The third-order valence-electron chi connectivity index (χ3n) is 5.52. The number of hydrogen-bond acceptors (Lipinski definition) is 11. The van der Waals surface area contributed by atoms with Gasteiger partial charge in [0.2, 0.25) is 10.0 Å². The van der Waals surface area contributed by atoms with Gasteiger partial charge in [0.15, 0.2) is 5.69 Å². The number of nitrogens with two attached hydrogens (primary N) is 1. The number of aliphatic hydroxyl groups is 1. The number of primary sulfonamides is 1. The molecule has 1 amide bonds. The molecule has 0 saturated heterocycles. The quantitative estimate of drug-likeness (QED) is 0.135. The number of nitrogens with zero attached hydrogens (tertiary/aromatic N) is 4. The molecule has 204 valence electrons. The summed E-state index contributed by atoms with van der Waals surface area (Å²) in [7, 11) is -4.31. The highest BCUT2D eigenvalue weighted by atomic mass is 32.2. The molecule has 0 saturated carbocycles. The van der Waals surface area contributed by atoms with Gasteiger partial charge in [-0.15, -0.1) is 0 Å². The molecule has 0 aliphatic heterocycles. The first-order chi connectivity index (χ1) is 18.9. The lowest BCUT2D eigenvalue weighted by atomic mass is 10.0. The molecule has 1 aromatic heterocycles. The van der Waals surface area contributed by atoms with Crippen molar-refractivity contribution >= 4 is 44.1 Å². The highest BCUT2D eigenvalue weighted by Crippen LogP contribution is 2.23. The maximum atomic E-state index is 13.0. The molecule has 4 rings (SSSR count). The van der Waals surface area contributed by atoms with Crippen LogP contribution >= 0.6 is 0 Å². The van der Waals surface area contributed by atoms with Crippen molar-refractivity contribution in [2.75, 3.05) is 0 Å². The van der Waals surface area contributed by atoms with Crippen LogP contribution in [0.1, 0.15) is 27.7 Å². The van der Waals surface area contributed by atoms with Crippen LogP contribution in [0.4, 0.5) is 11.4 Å². The molecule has 1 heterocycles. The number of H-pyrrole nitrogens is 1. The van der Waals surface area contributed by atoms with E-state index in [1.165, 1.54) is 30.3 Å². The zero-order valence-corrected chi connectivity index (χ0v) is 20.7. The van der Waals surface area contributed by atoms with E-state index in [2.05, 4.69) is 20.5 Å². The maximum absolute atomic E-state index is 13.0. The number of hydrazone groups is 1.